The van der Waals surface area contributed by atoms with Gasteiger partial charge in [-0.3, -0.25) is 4.79 Å². The predicted molar refractivity (Wildman–Crippen MR) is 81.3 cm³/mol. The molecule has 0 heterocycles. The Morgan fingerprint density at radius 3 is 2.32 bits per heavy atom. The van der Waals surface area contributed by atoms with Gasteiger partial charge in [-0.1, -0.05) is 17.7 Å². The van der Waals surface area contributed by atoms with Gasteiger partial charge in [-0.25, -0.2) is 9.59 Å². The number of aryl methyl sites for hydroxylation is 2. The number of nitrogens with one attached hydrogen (secondary N) is 1. The molecule has 0 bridgehead atoms. The summed E-state index contributed by atoms with van der Waals surface area (Å²) >= 11 is 0. The molecule has 1 aromatic carbocycles. The van der Waals surface area contributed by atoms with Crippen LogP contribution in [-0.4, -0.2) is 31.1 Å². The molecule has 22 heavy (non-hydrogen) atoms. The van der Waals surface area contributed by atoms with Gasteiger partial charge in [0, 0.05) is 17.8 Å². The molecule has 0 aliphatic carbocycles. The minimum atomic E-state index is -0.788. The highest BCUT2D eigenvalue weighted by atomic mass is 16.5. The lowest BCUT2D eigenvalue weighted by molar-refractivity contribution is -0.143. The fraction of sp³-hybridized carbons (Fsp3) is 0.312. The molecule has 6 heteroatoms. The Balaban J connectivity index is 2.42. The number of hydrogen-bond donors (Lipinski definition) is 1. The molecule has 1 amide bonds. The van der Waals surface area contributed by atoms with E-state index in [9.17, 15) is 14.4 Å². The Morgan fingerprint density at radius 1 is 1.09 bits per heavy atom. The van der Waals surface area contributed by atoms with E-state index in [1.165, 1.54) is 0 Å². The van der Waals surface area contributed by atoms with Gasteiger partial charge in [-0.05, 0) is 32.4 Å². The van der Waals surface area contributed by atoms with Crippen LogP contribution in [0, 0.1) is 13.8 Å². The summed E-state index contributed by atoms with van der Waals surface area (Å²) in [5.74, 6) is -1.88. The lowest BCUT2D eigenvalue weighted by Crippen LogP contribution is -2.20. The molecule has 0 aromatic heterocycles. The van der Waals surface area contributed by atoms with Crippen LogP contribution in [-0.2, 0) is 23.9 Å². The minimum Gasteiger partial charge on any atom is -0.463 e. The normalized spacial score (nSPS) is 10.3. The van der Waals surface area contributed by atoms with E-state index < -0.39 is 24.5 Å². The number of carbonyl (C=O) groups is 3. The van der Waals surface area contributed by atoms with Crippen LogP contribution in [0.3, 0.4) is 0 Å². The van der Waals surface area contributed by atoms with E-state index in [1.807, 2.05) is 26.0 Å². The number of ether oxygens (including phenoxy) is 2. The van der Waals surface area contributed by atoms with Crippen LogP contribution < -0.4 is 5.32 Å². The summed E-state index contributed by atoms with van der Waals surface area (Å²) in [6.45, 7) is 5.27. The fourth-order valence-corrected chi connectivity index (χ4v) is 1.65. The van der Waals surface area contributed by atoms with Crippen LogP contribution in [0.25, 0.3) is 0 Å². The van der Waals surface area contributed by atoms with Crippen molar-refractivity contribution in [1.29, 1.82) is 0 Å². The molecule has 1 aromatic rings. The molecular formula is C16H19NO5. The topological polar surface area (TPSA) is 81.7 Å². The monoisotopic (exact) mass is 305 g/mol. The molecule has 0 atom stereocenters. The number of rotatable bonds is 6. The number of esters is 2. The van der Waals surface area contributed by atoms with E-state index in [-0.39, 0.29) is 6.61 Å². The van der Waals surface area contributed by atoms with Gasteiger partial charge < -0.3 is 14.8 Å². The average molecular weight is 305 g/mol. The average Bonchev–Trinajstić information content (AvgIpc) is 2.46. The number of benzene rings is 1. The molecule has 118 valence electrons. The predicted octanol–water partition coefficient (Wildman–Crippen LogP) is 1.90. The highest BCUT2D eigenvalue weighted by Gasteiger charge is 2.08. The van der Waals surface area contributed by atoms with Crippen molar-refractivity contribution >= 4 is 23.5 Å². The van der Waals surface area contributed by atoms with Gasteiger partial charge in [-0.15, -0.1) is 0 Å². The first-order chi connectivity index (χ1) is 10.4. The molecule has 0 aliphatic rings. The third-order valence-corrected chi connectivity index (χ3v) is 2.64. The van der Waals surface area contributed by atoms with Gasteiger partial charge in [0.1, 0.15) is 0 Å². The van der Waals surface area contributed by atoms with Gasteiger partial charge in [0.15, 0.2) is 6.61 Å². The van der Waals surface area contributed by atoms with Crippen molar-refractivity contribution in [3.05, 3.63) is 41.5 Å². The first-order valence-corrected chi connectivity index (χ1v) is 6.81. The zero-order valence-corrected chi connectivity index (χ0v) is 12.8. The minimum absolute atomic E-state index is 0.219. The van der Waals surface area contributed by atoms with Crippen LogP contribution in [0.15, 0.2) is 30.4 Å². The third-order valence-electron chi connectivity index (χ3n) is 2.64. The number of hydrogen-bond acceptors (Lipinski definition) is 5. The summed E-state index contributed by atoms with van der Waals surface area (Å²) in [4.78, 5) is 34.0. The Hall–Kier alpha value is -2.63. The van der Waals surface area contributed by atoms with Crippen LogP contribution in [0.1, 0.15) is 18.1 Å². The lowest BCUT2D eigenvalue weighted by atomic mass is 10.1. The standard InChI is InChI=1S/C16H19NO5/c1-4-21-15(19)7-8-16(20)22-10-14(18)17-13-6-5-11(2)9-12(13)3/h5-9H,4,10H2,1-3H3,(H,17,18)/b8-7+. The number of anilines is 1. The van der Waals surface area contributed by atoms with E-state index in [1.54, 1.807) is 13.0 Å². The molecule has 0 saturated carbocycles. The van der Waals surface area contributed by atoms with Gasteiger partial charge >= 0.3 is 11.9 Å². The summed E-state index contributed by atoms with van der Waals surface area (Å²) in [5.41, 5.74) is 2.67. The highest BCUT2D eigenvalue weighted by Crippen LogP contribution is 2.15. The zero-order chi connectivity index (χ0) is 16.5. The second-order valence-electron chi connectivity index (χ2n) is 4.56. The maximum Gasteiger partial charge on any atom is 0.331 e. The fourth-order valence-electron chi connectivity index (χ4n) is 1.65. The molecule has 6 nitrogen and oxygen atoms in total. The molecule has 0 unspecified atom stereocenters. The van der Waals surface area contributed by atoms with Crippen LogP contribution in [0.5, 0.6) is 0 Å². The van der Waals surface area contributed by atoms with Crippen molar-refractivity contribution in [2.45, 2.75) is 20.8 Å². The summed E-state index contributed by atoms with van der Waals surface area (Å²) in [6, 6.07) is 5.59. The van der Waals surface area contributed by atoms with Crippen LogP contribution in [0.4, 0.5) is 5.69 Å². The van der Waals surface area contributed by atoms with E-state index in [0.29, 0.717) is 5.69 Å². The van der Waals surface area contributed by atoms with Crippen molar-refractivity contribution in [2.75, 3.05) is 18.5 Å². The molecule has 0 aliphatic heterocycles. The summed E-state index contributed by atoms with van der Waals surface area (Å²) in [7, 11) is 0. The van der Waals surface area contributed by atoms with Crippen molar-refractivity contribution in [3.63, 3.8) is 0 Å². The lowest BCUT2D eigenvalue weighted by Gasteiger charge is -2.09. The summed E-state index contributed by atoms with van der Waals surface area (Å²) < 4.78 is 9.33. The smallest absolute Gasteiger partial charge is 0.331 e. The van der Waals surface area contributed by atoms with Crippen molar-refractivity contribution in [2.24, 2.45) is 0 Å². The maximum atomic E-state index is 11.7. The molecular weight excluding hydrogens is 286 g/mol. The van der Waals surface area contributed by atoms with Gasteiger partial charge in [-0.2, -0.15) is 0 Å². The first kappa shape index (κ1) is 17.4. The van der Waals surface area contributed by atoms with Gasteiger partial charge in [0.25, 0.3) is 5.91 Å². The summed E-state index contributed by atoms with van der Waals surface area (Å²) in [6.07, 6.45) is 1.87. The second-order valence-corrected chi connectivity index (χ2v) is 4.56. The molecule has 0 fully saturated rings. The van der Waals surface area contributed by atoms with Crippen molar-refractivity contribution < 1.29 is 23.9 Å². The largest absolute Gasteiger partial charge is 0.463 e. The molecule has 0 spiro atoms. The quantitative estimate of drug-likeness (QED) is 0.641. The SMILES string of the molecule is CCOC(=O)/C=C/C(=O)OCC(=O)Nc1ccc(C)cc1C. The Morgan fingerprint density at radius 2 is 1.73 bits per heavy atom. The Labute approximate surface area is 129 Å². The second kappa shape index (κ2) is 8.61. The zero-order valence-electron chi connectivity index (χ0n) is 12.8. The number of carbonyl (C=O) groups excluding carboxylic acids is 3. The Kier molecular flexibility index (Phi) is 6.82. The Bertz CT molecular complexity index is 592. The third kappa shape index (κ3) is 6.21. The first-order valence-electron chi connectivity index (χ1n) is 6.81. The number of amides is 1. The molecule has 1 rings (SSSR count). The van der Waals surface area contributed by atoms with Gasteiger partial charge in [0.05, 0.1) is 6.61 Å². The van der Waals surface area contributed by atoms with E-state index in [4.69, 9.17) is 4.74 Å². The summed E-state index contributed by atoms with van der Waals surface area (Å²) in [5, 5.41) is 2.65. The van der Waals surface area contributed by atoms with E-state index in [0.717, 1.165) is 23.3 Å². The maximum absolute atomic E-state index is 11.7. The van der Waals surface area contributed by atoms with Crippen LogP contribution >= 0.6 is 0 Å². The highest BCUT2D eigenvalue weighted by molar-refractivity contribution is 5.95. The van der Waals surface area contributed by atoms with Crippen LogP contribution in [0.2, 0.25) is 0 Å². The molecule has 0 radical (unpaired) electrons. The van der Waals surface area contributed by atoms with Gasteiger partial charge in [0.2, 0.25) is 0 Å². The van der Waals surface area contributed by atoms with Crippen molar-refractivity contribution in [3.8, 4) is 0 Å². The molecule has 0 saturated heterocycles. The van der Waals surface area contributed by atoms with Crippen molar-refractivity contribution in [1.82, 2.24) is 0 Å². The van der Waals surface area contributed by atoms with E-state index in [2.05, 4.69) is 10.1 Å². The molecule has 1 N–H and O–H groups in total. The van der Waals surface area contributed by atoms with E-state index >= 15 is 0 Å².